The molecule has 1 aliphatic rings. The van der Waals surface area contributed by atoms with Gasteiger partial charge in [-0.2, -0.15) is 0 Å². The lowest BCUT2D eigenvalue weighted by Gasteiger charge is -2.16. The number of urea groups is 1. The van der Waals surface area contributed by atoms with E-state index in [2.05, 4.69) is 10.6 Å². The van der Waals surface area contributed by atoms with Crippen molar-refractivity contribution in [3.05, 3.63) is 59.2 Å². The molecular weight excluding hydrogens is 386 g/mol. The molecule has 0 spiro atoms. The lowest BCUT2D eigenvalue weighted by molar-refractivity contribution is -0.123. The zero-order valence-corrected chi connectivity index (χ0v) is 16.9. The summed E-state index contributed by atoms with van der Waals surface area (Å²) in [5.74, 6) is -1.46. The molecule has 0 atom stereocenters. The average Bonchev–Trinajstić information content (AvgIpc) is 3.15. The van der Waals surface area contributed by atoms with Crippen LogP contribution < -0.4 is 15.5 Å². The molecule has 3 rings (SSSR count). The summed E-state index contributed by atoms with van der Waals surface area (Å²) in [4.78, 5) is 49.7. The highest BCUT2D eigenvalue weighted by molar-refractivity contribution is 6.03. The van der Waals surface area contributed by atoms with E-state index in [-0.39, 0.29) is 11.5 Å². The van der Waals surface area contributed by atoms with Crippen molar-refractivity contribution in [2.24, 2.45) is 0 Å². The second kappa shape index (κ2) is 9.21. The fourth-order valence-electron chi connectivity index (χ4n) is 3.14. The quantitative estimate of drug-likeness (QED) is 0.739. The zero-order valence-electron chi connectivity index (χ0n) is 16.9. The number of carbonyl (C=O) groups is 4. The Bertz CT molecular complexity index is 1000. The Morgan fingerprint density at radius 3 is 2.60 bits per heavy atom. The van der Waals surface area contributed by atoms with Crippen LogP contribution >= 0.6 is 0 Å². The molecule has 1 saturated heterocycles. The smallest absolute Gasteiger partial charge is 0.338 e. The van der Waals surface area contributed by atoms with Crippen LogP contribution in [0.2, 0.25) is 0 Å². The maximum absolute atomic E-state index is 12.3. The molecule has 0 bridgehead atoms. The third-order valence-electron chi connectivity index (χ3n) is 4.91. The van der Waals surface area contributed by atoms with Crippen LogP contribution in [0.1, 0.15) is 34.3 Å². The summed E-state index contributed by atoms with van der Waals surface area (Å²) in [6.07, 6.45) is 1.26. The van der Waals surface area contributed by atoms with E-state index < -0.39 is 24.5 Å². The maximum Gasteiger partial charge on any atom is 0.338 e. The number of hydrogen-bond acceptors (Lipinski definition) is 5. The molecule has 2 aromatic carbocycles. The molecule has 0 saturated carbocycles. The highest BCUT2D eigenvalue weighted by Crippen LogP contribution is 2.22. The molecule has 156 valence electrons. The van der Waals surface area contributed by atoms with Crippen LogP contribution in [-0.4, -0.2) is 37.0 Å². The van der Waals surface area contributed by atoms with Crippen LogP contribution in [-0.2, 0) is 14.3 Å². The predicted molar refractivity (Wildman–Crippen MR) is 111 cm³/mol. The van der Waals surface area contributed by atoms with Gasteiger partial charge in [-0.25, -0.2) is 9.59 Å². The van der Waals surface area contributed by atoms with Crippen molar-refractivity contribution in [1.82, 2.24) is 5.32 Å². The molecule has 0 aromatic heterocycles. The first-order valence-electron chi connectivity index (χ1n) is 9.60. The minimum absolute atomic E-state index is 0.00903. The van der Waals surface area contributed by atoms with Crippen LogP contribution in [0.15, 0.2) is 42.5 Å². The molecular formula is C22H23N3O5. The number of imide groups is 1. The Morgan fingerprint density at radius 2 is 1.87 bits per heavy atom. The second-order valence-corrected chi connectivity index (χ2v) is 7.03. The fraction of sp³-hybridized carbons (Fsp3) is 0.273. The number of anilines is 2. The summed E-state index contributed by atoms with van der Waals surface area (Å²) in [5.41, 5.74) is 3.32. The maximum atomic E-state index is 12.3. The van der Waals surface area contributed by atoms with E-state index in [0.717, 1.165) is 17.5 Å². The zero-order chi connectivity index (χ0) is 21.7. The first-order chi connectivity index (χ1) is 14.3. The molecule has 1 heterocycles. The summed E-state index contributed by atoms with van der Waals surface area (Å²) in [5, 5.41) is 4.72. The summed E-state index contributed by atoms with van der Waals surface area (Å²) in [6, 6.07) is 11.2. The number of aryl methyl sites for hydroxylation is 1. The molecule has 1 aliphatic heterocycles. The van der Waals surface area contributed by atoms with Gasteiger partial charge in [0, 0.05) is 24.3 Å². The van der Waals surface area contributed by atoms with Crippen molar-refractivity contribution in [1.29, 1.82) is 0 Å². The molecule has 4 amide bonds. The van der Waals surface area contributed by atoms with E-state index in [1.807, 2.05) is 19.9 Å². The first-order valence-corrected chi connectivity index (χ1v) is 9.60. The largest absolute Gasteiger partial charge is 0.452 e. The lowest BCUT2D eigenvalue weighted by atomic mass is 10.1. The average molecular weight is 409 g/mol. The number of esters is 1. The Hall–Kier alpha value is -3.68. The number of hydrogen-bond donors (Lipinski definition) is 2. The first kappa shape index (κ1) is 21.0. The summed E-state index contributed by atoms with van der Waals surface area (Å²) in [6.45, 7) is 3.78. The third kappa shape index (κ3) is 5.02. The van der Waals surface area contributed by atoms with E-state index in [1.165, 1.54) is 6.07 Å². The highest BCUT2D eigenvalue weighted by atomic mass is 16.5. The lowest BCUT2D eigenvalue weighted by Crippen LogP contribution is -2.37. The van der Waals surface area contributed by atoms with E-state index in [1.54, 1.807) is 35.2 Å². The monoisotopic (exact) mass is 409 g/mol. The minimum Gasteiger partial charge on any atom is -0.452 e. The van der Waals surface area contributed by atoms with Gasteiger partial charge in [-0.1, -0.05) is 18.2 Å². The number of nitrogens with zero attached hydrogens (tertiary/aromatic N) is 1. The van der Waals surface area contributed by atoms with Gasteiger partial charge in [-0.15, -0.1) is 0 Å². The Labute approximate surface area is 174 Å². The number of nitrogens with one attached hydrogen (secondary N) is 2. The third-order valence-corrected chi connectivity index (χ3v) is 4.91. The van der Waals surface area contributed by atoms with Gasteiger partial charge in [0.15, 0.2) is 6.61 Å². The van der Waals surface area contributed by atoms with Crippen LogP contribution in [0.25, 0.3) is 0 Å². The number of amides is 4. The van der Waals surface area contributed by atoms with E-state index in [9.17, 15) is 19.2 Å². The van der Waals surface area contributed by atoms with Gasteiger partial charge in [0.05, 0.1) is 5.56 Å². The van der Waals surface area contributed by atoms with Crippen LogP contribution in [0.3, 0.4) is 0 Å². The van der Waals surface area contributed by atoms with Crippen molar-refractivity contribution < 1.29 is 23.9 Å². The molecule has 2 N–H and O–H groups in total. The van der Waals surface area contributed by atoms with E-state index in [4.69, 9.17) is 4.74 Å². The van der Waals surface area contributed by atoms with Crippen molar-refractivity contribution >= 4 is 35.2 Å². The molecule has 1 fully saturated rings. The standard InChI is InChI=1S/C22H23N3O5/c1-14-6-3-9-18(15(14)2)23-22(29)24-19(26)13-30-21(28)16-7-4-8-17(12-16)25-11-5-10-20(25)27/h3-4,6-9,12H,5,10-11,13H2,1-2H3,(H2,23,24,26,29). The van der Waals surface area contributed by atoms with Gasteiger partial charge < -0.3 is 15.0 Å². The van der Waals surface area contributed by atoms with Crippen molar-refractivity contribution in [3.8, 4) is 0 Å². The predicted octanol–water partition coefficient (Wildman–Crippen LogP) is 2.94. The Kier molecular flexibility index (Phi) is 6.46. The van der Waals surface area contributed by atoms with E-state index >= 15 is 0 Å². The minimum atomic E-state index is -0.753. The fourth-order valence-corrected chi connectivity index (χ4v) is 3.14. The van der Waals surface area contributed by atoms with Gasteiger partial charge in [0.25, 0.3) is 5.91 Å². The molecule has 0 aliphatic carbocycles. The van der Waals surface area contributed by atoms with Crippen LogP contribution in [0, 0.1) is 13.8 Å². The number of carbonyl (C=O) groups excluding carboxylic acids is 4. The summed E-state index contributed by atoms with van der Waals surface area (Å²) in [7, 11) is 0. The molecule has 2 aromatic rings. The number of benzene rings is 2. The van der Waals surface area contributed by atoms with Crippen LogP contribution in [0.4, 0.5) is 16.2 Å². The molecule has 8 nitrogen and oxygen atoms in total. The van der Waals surface area contributed by atoms with Crippen molar-refractivity contribution in [3.63, 3.8) is 0 Å². The Balaban J connectivity index is 1.52. The van der Waals surface area contributed by atoms with Gasteiger partial charge in [-0.05, 0) is 55.7 Å². The molecule has 0 unspecified atom stereocenters. The molecule has 8 heteroatoms. The van der Waals surface area contributed by atoms with Gasteiger partial charge in [0.2, 0.25) is 5.91 Å². The van der Waals surface area contributed by atoms with Crippen LogP contribution in [0.5, 0.6) is 0 Å². The normalized spacial score (nSPS) is 13.1. The van der Waals surface area contributed by atoms with Crippen molar-refractivity contribution in [2.75, 3.05) is 23.4 Å². The summed E-state index contributed by atoms with van der Waals surface area (Å²) < 4.78 is 4.99. The molecule has 30 heavy (non-hydrogen) atoms. The van der Waals surface area contributed by atoms with Gasteiger partial charge >= 0.3 is 12.0 Å². The van der Waals surface area contributed by atoms with Gasteiger partial charge in [-0.3, -0.25) is 14.9 Å². The Morgan fingerprint density at radius 1 is 1.10 bits per heavy atom. The number of rotatable bonds is 5. The molecule has 0 radical (unpaired) electrons. The number of ether oxygens (including phenoxy) is 1. The summed E-state index contributed by atoms with van der Waals surface area (Å²) >= 11 is 0. The topological polar surface area (TPSA) is 105 Å². The van der Waals surface area contributed by atoms with E-state index in [0.29, 0.717) is 24.3 Å². The van der Waals surface area contributed by atoms with Crippen molar-refractivity contribution in [2.45, 2.75) is 26.7 Å². The highest BCUT2D eigenvalue weighted by Gasteiger charge is 2.22. The second-order valence-electron chi connectivity index (χ2n) is 7.03. The van der Waals surface area contributed by atoms with Gasteiger partial charge in [0.1, 0.15) is 0 Å². The SMILES string of the molecule is Cc1cccc(NC(=O)NC(=O)COC(=O)c2cccc(N3CCCC3=O)c2)c1C.